The molecule has 0 aromatic heterocycles. The number of methoxy groups -OCH3 is 1. The van der Waals surface area contributed by atoms with Crippen molar-refractivity contribution in [3.8, 4) is 11.5 Å². The average Bonchev–Trinajstić information content (AvgIpc) is 2.53. The number of hydrogen-bond acceptors (Lipinski definition) is 4. The molecule has 4 heteroatoms. The van der Waals surface area contributed by atoms with Crippen LogP contribution in [-0.4, -0.2) is 29.2 Å². The summed E-state index contributed by atoms with van der Waals surface area (Å²) < 4.78 is 5.04. The van der Waals surface area contributed by atoms with Gasteiger partial charge in [0.05, 0.1) is 7.11 Å². The van der Waals surface area contributed by atoms with Gasteiger partial charge < -0.3 is 14.9 Å². The minimum atomic E-state index is -0.919. The van der Waals surface area contributed by atoms with E-state index in [2.05, 4.69) is 20.8 Å². The first-order valence-electron chi connectivity index (χ1n) is 8.90. The van der Waals surface area contributed by atoms with E-state index < -0.39 is 6.10 Å². The molecule has 0 spiro atoms. The first kappa shape index (κ1) is 20.5. The van der Waals surface area contributed by atoms with Crippen LogP contribution in [0.4, 0.5) is 0 Å². The van der Waals surface area contributed by atoms with E-state index in [4.69, 9.17) is 4.74 Å². The summed E-state index contributed by atoms with van der Waals surface area (Å²) in [5.74, 6) is 1.46. The number of aliphatic hydroxyl groups is 1. The maximum Gasteiger partial charge on any atom is 0.165 e. The minimum Gasteiger partial charge on any atom is -0.504 e. The van der Waals surface area contributed by atoms with E-state index >= 15 is 0 Å². The third-order valence-corrected chi connectivity index (χ3v) is 4.41. The van der Waals surface area contributed by atoms with Crippen LogP contribution in [0.15, 0.2) is 18.2 Å². The summed E-state index contributed by atoms with van der Waals surface area (Å²) in [7, 11) is 1.47. The Kier molecular flexibility index (Phi) is 8.83. The van der Waals surface area contributed by atoms with E-state index in [0.29, 0.717) is 18.1 Å². The van der Waals surface area contributed by atoms with Crippen LogP contribution >= 0.6 is 0 Å². The van der Waals surface area contributed by atoms with E-state index in [1.807, 2.05) is 0 Å². The van der Waals surface area contributed by atoms with Gasteiger partial charge in [0.25, 0.3) is 0 Å². The number of ketones is 1. The van der Waals surface area contributed by atoms with Gasteiger partial charge in [0.15, 0.2) is 17.3 Å². The maximum atomic E-state index is 12.2. The Morgan fingerprint density at radius 2 is 1.83 bits per heavy atom. The molecule has 0 saturated heterocycles. The minimum absolute atomic E-state index is 0.0458. The second kappa shape index (κ2) is 10.3. The number of phenolic OH excluding ortho intramolecular Hbond substituents is 1. The van der Waals surface area contributed by atoms with Crippen LogP contribution in [0.2, 0.25) is 0 Å². The molecule has 0 aliphatic carbocycles. The summed E-state index contributed by atoms with van der Waals surface area (Å²) >= 11 is 0. The molecule has 0 aliphatic heterocycles. The molecule has 0 fully saturated rings. The number of aromatic hydroxyl groups is 1. The second-order valence-electron chi connectivity index (χ2n) is 7.17. The lowest BCUT2D eigenvalue weighted by Gasteiger charge is -2.15. The van der Waals surface area contributed by atoms with E-state index in [9.17, 15) is 15.0 Å². The maximum absolute atomic E-state index is 12.2. The molecular weight excluding hydrogens is 304 g/mol. The Hall–Kier alpha value is -1.55. The predicted molar refractivity (Wildman–Crippen MR) is 96.5 cm³/mol. The number of ether oxygens (including phenoxy) is 1. The summed E-state index contributed by atoms with van der Waals surface area (Å²) in [6.45, 7) is 6.64. The van der Waals surface area contributed by atoms with Gasteiger partial charge in [-0.05, 0) is 42.4 Å². The highest BCUT2D eigenvalue weighted by molar-refractivity contribution is 5.85. The van der Waals surface area contributed by atoms with Gasteiger partial charge in [0.1, 0.15) is 6.10 Å². The molecule has 1 aromatic carbocycles. The molecule has 2 unspecified atom stereocenters. The first-order chi connectivity index (χ1) is 11.3. The Bertz CT molecular complexity index is 510. The number of hydrogen-bond donors (Lipinski definition) is 2. The van der Waals surface area contributed by atoms with Crippen LogP contribution in [0.3, 0.4) is 0 Å². The molecule has 2 atom stereocenters. The summed E-state index contributed by atoms with van der Waals surface area (Å²) in [5, 5.41) is 19.7. The fourth-order valence-corrected chi connectivity index (χ4v) is 2.77. The van der Waals surface area contributed by atoms with Crippen molar-refractivity contribution in [2.24, 2.45) is 11.8 Å². The molecule has 1 rings (SSSR count). The number of Topliss-reactive ketones (excluding diaryl/α,β-unsaturated/α-hetero) is 1. The number of benzene rings is 1. The zero-order valence-electron chi connectivity index (χ0n) is 15.4. The quantitative estimate of drug-likeness (QED) is 0.638. The van der Waals surface area contributed by atoms with Gasteiger partial charge in [-0.25, -0.2) is 0 Å². The molecular formula is C20H32O4. The fraction of sp³-hybridized carbons (Fsp3) is 0.650. The molecule has 0 radical (unpaired) electrons. The van der Waals surface area contributed by atoms with Gasteiger partial charge in [-0.1, -0.05) is 46.1 Å². The van der Waals surface area contributed by atoms with Crippen molar-refractivity contribution in [2.45, 2.75) is 65.4 Å². The van der Waals surface area contributed by atoms with Gasteiger partial charge in [0.2, 0.25) is 0 Å². The van der Waals surface area contributed by atoms with Crippen LogP contribution in [0, 0.1) is 11.8 Å². The molecule has 0 saturated carbocycles. The Morgan fingerprint density at radius 3 is 2.46 bits per heavy atom. The molecule has 24 heavy (non-hydrogen) atoms. The van der Waals surface area contributed by atoms with Crippen LogP contribution in [0.1, 0.15) is 58.4 Å². The summed E-state index contributed by atoms with van der Waals surface area (Å²) in [5.41, 5.74) is 0.735. The van der Waals surface area contributed by atoms with Crippen LogP contribution < -0.4 is 4.74 Å². The van der Waals surface area contributed by atoms with Gasteiger partial charge >= 0.3 is 0 Å². The van der Waals surface area contributed by atoms with E-state index in [1.54, 1.807) is 12.1 Å². The van der Waals surface area contributed by atoms with Crippen LogP contribution in [0.25, 0.3) is 0 Å². The molecule has 0 amide bonds. The number of aliphatic hydroxyl groups excluding tert-OH is 1. The molecule has 0 bridgehead atoms. The summed E-state index contributed by atoms with van der Waals surface area (Å²) in [4.78, 5) is 12.2. The van der Waals surface area contributed by atoms with Gasteiger partial charge in [-0.15, -0.1) is 0 Å². The molecule has 136 valence electrons. The van der Waals surface area contributed by atoms with Crippen LogP contribution in [-0.2, 0) is 11.2 Å². The topological polar surface area (TPSA) is 66.8 Å². The molecule has 4 nitrogen and oxygen atoms in total. The van der Waals surface area contributed by atoms with Crippen molar-refractivity contribution in [3.63, 3.8) is 0 Å². The summed E-state index contributed by atoms with van der Waals surface area (Å²) in [6.07, 6.45) is 4.19. The smallest absolute Gasteiger partial charge is 0.165 e. The van der Waals surface area contributed by atoms with Crippen molar-refractivity contribution in [1.29, 1.82) is 0 Å². The highest BCUT2D eigenvalue weighted by atomic mass is 16.5. The number of carbonyl (C=O) groups excluding carboxylic acids is 1. The number of carbonyl (C=O) groups is 1. The van der Waals surface area contributed by atoms with Crippen molar-refractivity contribution in [2.75, 3.05) is 7.11 Å². The monoisotopic (exact) mass is 336 g/mol. The van der Waals surface area contributed by atoms with E-state index in [1.165, 1.54) is 26.0 Å². The normalized spacial score (nSPS) is 13.8. The first-order valence-corrected chi connectivity index (χ1v) is 8.90. The average molecular weight is 336 g/mol. The molecule has 0 heterocycles. The summed E-state index contributed by atoms with van der Waals surface area (Å²) in [6, 6.07) is 4.82. The SMILES string of the molecule is COc1cc(CC(=O)C(O)CCC(C)CCCC(C)C)ccc1O. The highest BCUT2D eigenvalue weighted by Crippen LogP contribution is 2.26. The largest absolute Gasteiger partial charge is 0.504 e. The Balaban J connectivity index is 2.39. The molecule has 1 aromatic rings. The fourth-order valence-electron chi connectivity index (χ4n) is 2.77. The molecule has 2 N–H and O–H groups in total. The standard InChI is InChI=1S/C20H32O4/c1-14(2)6-5-7-15(3)8-10-17(21)19(23)12-16-9-11-18(22)20(13-16)24-4/h9,11,13-15,17,21-22H,5-8,10,12H2,1-4H3. The third kappa shape index (κ3) is 7.35. The lowest BCUT2D eigenvalue weighted by molar-refractivity contribution is -0.126. The lowest BCUT2D eigenvalue weighted by atomic mass is 9.93. The highest BCUT2D eigenvalue weighted by Gasteiger charge is 2.17. The van der Waals surface area contributed by atoms with Crippen LogP contribution in [0.5, 0.6) is 11.5 Å². The zero-order chi connectivity index (χ0) is 18.1. The van der Waals surface area contributed by atoms with Crippen molar-refractivity contribution in [1.82, 2.24) is 0 Å². The molecule has 0 aliphatic rings. The van der Waals surface area contributed by atoms with Crippen molar-refractivity contribution < 1.29 is 19.7 Å². The number of rotatable bonds is 11. The van der Waals surface area contributed by atoms with Gasteiger partial charge in [-0.3, -0.25) is 4.79 Å². The lowest BCUT2D eigenvalue weighted by Crippen LogP contribution is -2.23. The Morgan fingerprint density at radius 1 is 1.12 bits per heavy atom. The van der Waals surface area contributed by atoms with Gasteiger partial charge in [-0.2, -0.15) is 0 Å². The van der Waals surface area contributed by atoms with E-state index in [-0.39, 0.29) is 18.0 Å². The van der Waals surface area contributed by atoms with Crippen molar-refractivity contribution in [3.05, 3.63) is 23.8 Å². The van der Waals surface area contributed by atoms with Crippen molar-refractivity contribution >= 4 is 5.78 Å². The zero-order valence-corrected chi connectivity index (χ0v) is 15.4. The second-order valence-corrected chi connectivity index (χ2v) is 7.17. The predicted octanol–water partition coefficient (Wildman–Crippen LogP) is 4.12. The van der Waals surface area contributed by atoms with E-state index in [0.717, 1.165) is 24.3 Å². The number of phenols is 1. The van der Waals surface area contributed by atoms with Gasteiger partial charge in [0, 0.05) is 6.42 Å². The Labute approximate surface area is 145 Å². The third-order valence-electron chi connectivity index (χ3n) is 4.41.